The van der Waals surface area contributed by atoms with Crippen LogP contribution in [-0.4, -0.2) is 32.8 Å². The molecule has 0 unspecified atom stereocenters. The number of hydrogen-bond acceptors (Lipinski definition) is 6. The summed E-state index contributed by atoms with van der Waals surface area (Å²) in [6.45, 7) is 2.73. The standard InChI is InChI=1S/C12H14N4O3S/c1-12(2,20(17,18)19)9-16-7-4-10(8-15-16)11-13-5-3-6-14-11/h3-8H,9H2,1-2H3. The molecular formula is C12H14N4O3S. The van der Waals surface area contributed by atoms with Crippen molar-refractivity contribution < 1.29 is 17.7 Å². The highest BCUT2D eigenvalue weighted by Crippen LogP contribution is 2.15. The fraction of sp³-hybridized carbons (Fsp3) is 0.333. The summed E-state index contributed by atoms with van der Waals surface area (Å²) in [5.74, 6) is 0.530. The molecule has 0 spiro atoms. The second kappa shape index (κ2) is 5.22. The van der Waals surface area contributed by atoms with Gasteiger partial charge in [0, 0.05) is 24.0 Å². The second-order valence-corrected chi connectivity index (χ2v) is 6.91. The van der Waals surface area contributed by atoms with Crippen molar-refractivity contribution in [2.75, 3.05) is 0 Å². The Morgan fingerprint density at radius 2 is 1.95 bits per heavy atom. The molecule has 0 N–H and O–H groups in total. The minimum Gasteiger partial charge on any atom is -0.747 e. The first-order valence-electron chi connectivity index (χ1n) is 5.88. The van der Waals surface area contributed by atoms with Crippen LogP contribution >= 0.6 is 0 Å². The molecule has 106 valence electrons. The van der Waals surface area contributed by atoms with Crippen molar-refractivity contribution >= 4 is 10.1 Å². The molecule has 0 atom stereocenters. The zero-order valence-electron chi connectivity index (χ0n) is 11.1. The molecule has 2 aromatic rings. The maximum atomic E-state index is 11.1. The Kier molecular flexibility index (Phi) is 3.78. The van der Waals surface area contributed by atoms with Crippen LogP contribution in [0.3, 0.4) is 0 Å². The first kappa shape index (κ1) is 14.5. The van der Waals surface area contributed by atoms with Gasteiger partial charge in [0.2, 0.25) is 0 Å². The third kappa shape index (κ3) is 3.14. The van der Waals surface area contributed by atoms with E-state index >= 15 is 0 Å². The molecular weight excluding hydrogens is 280 g/mol. The molecule has 0 fully saturated rings. The summed E-state index contributed by atoms with van der Waals surface area (Å²) in [5.41, 5.74) is 0.713. The molecule has 0 radical (unpaired) electrons. The Hall–Kier alpha value is -1.93. The molecule has 2 rings (SSSR count). The van der Waals surface area contributed by atoms with Gasteiger partial charge in [-0.25, -0.2) is 18.4 Å². The van der Waals surface area contributed by atoms with Crippen LogP contribution in [0.15, 0.2) is 36.9 Å². The lowest BCUT2D eigenvalue weighted by Crippen LogP contribution is -2.50. The van der Waals surface area contributed by atoms with Crippen molar-refractivity contribution in [2.24, 2.45) is 0 Å². The van der Waals surface area contributed by atoms with Crippen LogP contribution in [0.25, 0.3) is 11.4 Å². The minimum atomic E-state index is -4.40. The van der Waals surface area contributed by atoms with Gasteiger partial charge in [0.1, 0.15) is 21.1 Å². The number of aromatic nitrogens is 4. The van der Waals surface area contributed by atoms with Crippen LogP contribution < -0.4 is 4.68 Å². The predicted octanol–water partition coefficient (Wildman–Crippen LogP) is 0.150. The molecule has 0 amide bonds. The molecule has 0 aliphatic carbocycles. The Bertz CT molecular complexity index is 684. The van der Waals surface area contributed by atoms with E-state index in [9.17, 15) is 13.0 Å². The fourth-order valence-electron chi connectivity index (χ4n) is 1.53. The highest BCUT2D eigenvalue weighted by molar-refractivity contribution is 7.87. The lowest BCUT2D eigenvalue weighted by Gasteiger charge is -2.23. The molecule has 8 heteroatoms. The Balaban J connectivity index is 2.22. The van der Waals surface area contributed by atoms with Crippen molar-refractivity contribution in [3.05, 3.63) is 36.9 Å². The van der Waals surface area contributed by atoms with Gasteiger partial charge in [-0.3, -0.25) is 0 Å². The zero-order chi connectivity index (χ0) is 14.8. The van der Waals surface area contributed by atoms with Crippen LogP contribution in [0.5, 0.6) is 0 Å². The number of hydrogen-bond donors (Lipinski definition) is 0. The topological polar surface area (TPSA) is 99.8 Å². The lowest BCUT2D eigenvalue weighted by molar-refractivity contribution is -0.756. The van der Waals surface area contributed by atoms with E-state index in [2.05, 4.69) is 15.1 Å². The molecule has 0 saturated heterocycles. The number of rotatable bonds is 4. The molecule has 0 saturated carbocycles. The molecule has 20 heavy (non-hydrogen) atoms. The fourth-order valence-corrected chi connectivity index (χ4v) is 1.82. The molecule has 2 aromatic heterocycles. The van der Waals surface area contributed by atoms with Crippen LogP contribution in [0, 0.1) is 0 Å². The number of nitrogens with zero attached hydrogens (tertiary/aromatic N) is 4. The van der Waals surface area contributed by atoms with Gasteiger partial charge in [-0.2, -0.15) is 0 Å². The van der Waals surface area contributed by atoms with Crippen molar-refractivity contribution in [2.45, 2.75) is 25.1 Å². The smallest absolute Gasteiger partial charge is 0.197 e. The van der Waals surface area contributed by atoms with Gasteiger partial charge in [0.15, 0.2) is 18.6 Å². The van der Waals surface area contributed by atoms with E-state index in [1.54, 1.807) is 30.7 Å². The lowest BCUT2D eigenvalue weighted by atomic mass is 10.2. The maximum absolute atomic E-state index is 11.1. The zero-order valence-corrected chi connectivity index (χ0v) is 11.9. The second-order valence-electron chi connectivity index (χ2n) is 4.90. The van der Waals surface area contributed by atoms with Gasteiger partial charge in [-0.05, 0) is 25.0 Å². The highest BCUT2D eigenvalue weighted by Gasteiger charge is 2.31. The average Bonchev–Trinajstić information content (AvgIpc) is 2.39. The minimum absolute atomic E-state index is 0.0191. The van der Waals surface area contributed by atoms with Gasteiger partial charge in [-0.1, -0.05) is 4.68 Å². The third-order valence-electron chi connectivity index (χ3n) is 2.81. The van der Waals surface area contributed by atoms with Gasteiger partial charge in [0.05, 0.1) is 0 Å². The Morgan fingerprint density at radius 3 is 2.45 bits per heavy atom. The van der Waals surface area contributed by atoms with E-state index in [0.29, 0.717) is 11.4 Å². The summed E-state index contributed by atoms with van der Waals surface area (Å²) in [6.07, 6.45) is 6.37. The SMILES string of the molecule is CC(C)(C[n+]1ccc(-c2ncccn2)cn1)S(=O)(=O)[O-]. The largest absolute Gasteiger partial charge is 0.747 e. The summed E-state index contributed by atoms with van der Waals surface area (Å²) >= 11 is 0. The third-order valence-corrected chi connectivity index (χ3v) is 4.30. The first-order valence-corrected chi connectivity index (χ1v) is 7.29. The predicted molar refractivity (Wildman–Crippen MR) is 69.2 cm³/mol. The van der Waals surface area contributed by atoms with Gasteiger partial charge in [0.25, 0.3) is 0 Å². The van der Waals surface area contributed by atoms with Gasteiger partial charge in [-0.15, -0.1) is 0 Å². The van der Waals surface area contributed by atoms with E-state index < -0.39 is 14.9 Å². The molecule has 2 heterocycles. The van der Waals surface area contributed by atoms with E-state index in [-0.39, 0.29) is 6.54 Å². The molecule has 7 nitrogen and oxygen atoms in total. The first-order chi connectivity index (χ1) is 9.29. The van der Waals surface area contributed by atoms with E-state index in [0.717, 1.165) is 0 Å². The summed E-state index contributed by atoms with van der Waals surface area (Å²) in [4.78, 5) is 8.17. The summed E-state index contributed by atoms with van der Waals surface area (Å²) in [5, 5.41) is 4.09. The van der Waals surface area contributed by atoms with Crippen molar-refractivity contribution in [3.8, 4) is 11.4 Å². The molecule has 0 aliphatic heterocycles. The van der Waals surface area contributed by atoms with Crippen LogP contribution in [0.2, 0.25) is 0 Å². The van der Waals surface area contributed by atoms with Gasteiger partial charge < -0.3 is 4.55 Å². The van der Waals surface area contributed by atoms with Crippen LogP contribution in [0.4, 0.5) is 0 Å². The quantitative estimate of drug-likeness (QED) is 0.588. The average molecular weight is 294 g/mol. The molecule has 0 bridgehead atoms. The van der Waals surface area contributed by atoms with E-state index in [1.165, 1.54) is 24.7 Å². The van der Waals surface area contributed by atoms with E-state index in [1.807, 2.05) is 0 Å². The summed E-state index contributed by atoms with van der Waals surface area (Å²) < 4.78 is 33.4. The molecule has 0 aromatic carbocycles. The highest BCUT2D eigenvalue weighted by atomic mass is 32.2. The normalized spacial score (nSPS) is 12.3. The summed E-state index contributed by atoms with van der Waals surface area (Å²) in [7, 11) is -4.40. The molecule has 0 aliphatic rings. The summed E-state index contributed by atoms with van der Waals surface area (Å²) in [6, 6.07) is 3.43. The van der Waals surface area contributed by atoms with Crippen molar-refractivity contribution in [3.63, 3.8) is 0 Å². The van der Waals surface area contributed by atoms with Crippen molar-refractivity contribution in [1.82, 2.24) is 15.1 Å². The van der Waals surface area contributed by atoms with Gasteiger partial charge >= 0.3 is 0 Å². The Morgan fingerprint density at radius 1 is 1.30 bits per heavy atom. The monoisotopic (exact) mass is 294 g/mol. The van der Waals surface area contributed by atoms with E-state index in [4.69, 9.17) is 0 Å². The van der Waals surface area contributed by atoms with Crippen molar-refractivity contribution in [1.29, 1.82) is 0 Å². The Labute approximate surface area is 117 Å². The van der Waals surface area contributed by atoms with Crippen LogP contribution in [-0.2, 0) is 16.7 Å². The van der Waals surface area contributed by atoms with Crippen LogP contribution in [0.1, 0.15) is 13.8 Å². The maximum Gasteiger partial charge on any atom is 0.197 e.